The highest BCUT2D eigenvalue weighted by atomic mass is 127. The molecule has 1 atom stereocenters. The lowest BCUT2D eigenvalue weighted by Gasteiger charge is -2.16. The van der Waals surface area contributed by atoms with Crippen LogP contribution in [0.1, 0.15) is 38.3 Å². The standard InChI is InChI=1S/C18H27N5.HI/c1-4-15(3)22-18(20-5-2)21-12-16-6-8-17(9-7-16)13-23-11-10-19-14-23;/h6-11,14-15H,4-5,12-13H2,1-3H3,(H2,20,21,22);1H. The molecule has 0 spiro atoms. The number of imidazole rings is 1. The Bertz CT molecular complexity index is 592. The first-order valence-electron chi connectivity index (χ1n) is 8.29. The highest BCUT2D eigenvalue weighted by Crippen LogP contribution is 2.07. The third kappa shape index (κ3) is 6.90. The molecule has 1 heterocycles. The second-order valence-electron chi connectivity index (χ2n) is 5.70. The summed E-state index contributed by atoms with van der Waals surface area (Å²) in [6, 6.07) is 9.01. The molecule has 0 aliphatic rings. The number of hydrogen-bond donors (Lipinski definition) is 2. The molecule has 0 aliphatic heterocycles. The topological polar surface area (TPSA) is 54.2 Å². The van der Waals surface area contributed by atoms with E-state index < -0.39 is 0 Å². The number of aromatic nitrogens is 2. The molecular formula is C18H28IN5. The van der Waals surface area contributed by atoms with Gasteiger partial charge >= 0.3 is 0 Å². The van der Waals surface area contributed by atoms with E-state index >= 15 is 0 Å². The minimum absolute atomic E-state index is 0. The maximum Gasteiger partial charge on any atom is 0.191 e. The summed E-state index contributed by atoms with van der Waals surface area (Å²) >= 11 is 0. The zero-order chi connectivity index (χ0) is 16.5. The quantitative estimate of drug-likeness (QED) is 0.394. The van der Waals surface area contributed by atoms with Gasteiger partial charge in [-0.05, 0) is 31.4 Å². The summed E-state index contributed by atoms with van der Waals surface area (Å²) in [5.74, 6) is 0.879. The van der Waals surface area contributed by atoms with Crippen molar-refractivity contribution >= 4 is 29.9 Å². The van der Waals surface area contributed by atoms with Crippen molar-refractivity contribution in [3.8, 4) is 0 Å². The SMILES string of the molecule is CCNC(=NCc1ccc(Cn2ccnc2)cc1)NC(C)CC.I. The minimum atomic E-state index is 0. The van der Waals surface area contributed by atoms with Crippen molar-refractivity contribution in [2.24, 2.45) is 4.99 Å². The van der Waals surface area contributed by atoms with Gasteiger partial charge in [0.05, 0.1) is 12.9 Å². The summed E-state index contributed by atoms with van der Waals surface area (Å²) in [6.07, 6.45) is 6.69. The average Bonchev–Trinajstić information content (AvgIpc) is 3.07. The zero-order valence-electron chi connectivity index (χ0n) is 14.7. The number of hydrogen-bond acceptors (Lipinski definition) is 2. The average molecular weight is 441 g/mol. The minimum Gasteiger partial charge on any atom is -0.357 e. The van der Waals surface area contributed by atoms with E-state index in [2.05, 4.69) is 70.2 Å². The molecule has 0 aliphatic carbocycles. The summed E-state index contributed by atoms with van der Waals surface area (Å²) in [6.45, 7) is 8.81. The van der Waals surface area contributed by atoms with Crippen LogP contribution >= 0.6 is 24.0 Å². The van der Waals surface area contributed by atoms with Crippen LogP contribution in [0.3, 0.4) is 0 Å². The Kier molecular flexibility index (Phi) is 9.44. The van der Waals surface area contributed by atoms with Gasteiger partial charge < -0.3 is 15.2 Å². The van der Waals surface area contributed by atoms with Crippen molar-refractivity contribution in [2.75, 3.05) is 6.54 Å². The van der Waals surface area contributed by atoms with Crippen LogP contribution in [0.15, 0.2) is 48.0 Å². The van der Waals surface area contributed by atoms with Gasteiger partial charge in [-0.2, -0.15) is 0 Å². The fourth-order valence-electron chi connectivity index (χ4n) is 2.17. The lowest BCUT2D eigenvalue weighted by atomic mass is 10.1. The molecule has 2 rings (SSSR count). The lowest BCUT2D eigenvalue weighted by Crippen LogP contribution is -2.41. The van der Waals surface area contributed by atoms with E-state index in [1.54, 1.807) is 6.20 Å². The number of aliphatic imine (C=N–C) groups is 1. The van der Waals surface area contributed by atoms with Crippen LogP contribution in [0.5, 0.6) is 0 Å². The molecule has 1 aromatic heterocycles. The molecule has 0 radical (unpaired) electrons. The van der Waals surface area contributed by atoms with Crippen LogP contribution in [-0.2, 0) is 13.1 Å². The Morgan fingerprint density at radius 2 is 1.92 bits per heavy atom. The van der Waals surface area contributed by atoms with E-state index in [0.717, 1.165) is 25.5 Å². The first-order valence-corrected chi connectivity index (χ1v) is 8.29. The Balaban J connectivity index is 0.00000288. The van der Waals surface area contributed by atoms with Crippen LogP contribution in [0, 0.1) is 0 Å². The van der Waals surface area contributed by atoms with Gasteiger partial charge in [0, 0.05) is 31.5 Å². The summed E-state index contributed by atoms with van der Waals surface area (Å²) in [5, 5.41) is 6.70. The second-order valence-corrected chi connectivity index (χ2v) is 5.70. The molecule has 1 unspecified atom stereocenters. The molecule has 0 bridgehead atoms. The monoisotopic (exact) mass is 441 g/mol. The lowest BCUT2D eigenvalue weighted by molar-refractivity contribution is 0.624. The van der Waals surface area contributed by atoms with Crippen LogP contribution in [0.2, 0.25) is 0 Å². The number of rotatable bonds is 7. The Morgan fingerprint density at radius 3 is 2.50 bits per heavy atom. The predicted molar refractivity (Wildman–Crippen MR) is 111 cm³/mol. The Hall–Kier alpha value is -1.57. The molecule has 5 nitrogen and oxygen atoms in total. The van der Waals surface area contributed by atoms with Crippen LogP contribution in [-0.4, -0.2) is 28.1 Å². The smallest absolute Gasteiger partial charge is 0.191 e. The fraction of sp³-hybridized carbons (Fsp3) is 0.444. The molecule has 132 valence electrons. The van der Waals surface area contributed by atoms with Gasteiger partial charge in [0.25, 0.3) is 0 Å². The number of nitrogens with zero attached hydrogens (tertiary/aromatic N) is 3. The van der Waals surface area contributed by atoms with Gasteiger partial charge in [-0.1, -0.05) is 31.2 Å². The van der Waals surface area contributed by atoms with Crippen molar-refractivity contribution in [1.82, 2.24) is 20.2 Å². The number of benzene rings is 1. The maximum absolute atomic E-state index is 4.66. The third-order valence-electron chi connectivity index (χ3n) is 3.71. The largest absolute Gasteiger partial charge is 0.357 e. The van der Waals surface area contributed by atoms with Gasteiger partial charge in [-0.3, -0.25) is 0 Å². The van der Waals surface area contributed by atoms with Gasteiger partial charge in [-0.25, -0.2) is 9.98 Å². The zero-order valence-corrected chi connectivity index (χ0v) is 17.0. The molecule has 6 heteroatoms. The molecule has 2 N–H and O–H groups in total. The summed E-state index contributed by atoms with van der Waals surface area (Å²) < 4.78 is 2.06. The number of guanidine groups is 1. The molecule has 1 aromatic carbocycles. The van der Waals surface area contributed by atoms with Crippen molar-refractivity contribution in [1.29, 1.82) is 0 Å². The highest BCUT2D eigenvalue weighted by Gasteiger charge is 2.02. The number of halogens is 1. The molecule has 2 aromatic rings. The summed E-state index contributed by atoms with van der Waals surface area (Å²) in [7, 11) is 0. The van der Waals surface area contributed by atoms with Crippen molar-refractivity contribution in [3.63, 3.8) is 0 Å². The second kappa shape index (κ2) is 11.1. The third-order valence-corrected chi connectivity index (χ3v) is 3.71. The summed E-state index contributed by atoms with van der Waals surface area (Å²) in [5.41, 5.74) is 2.47. The highest BCUT2D eigenvalue weighted by molar-refractivity contribution is 14.0. The molecule has 0 saturated heterocycles. The van der Waals surface area contributed by atoms with E-state index in [1.807, 2.05) is 12.5 Å². The van der Waals surface area contributed by atoms with E-state index in [1.165, 1.54) is 11.1 Å². The summed E-state index contributed by atoms with van der Waals surface area (Å²) in [4.78, 5) is 8.72. The van der Waals surface area contributed by atoms with Gasteiger partial charge in [-0.15, -0.1) is 24.0 Å². The molecule has 24 heavy (non-hydrogen) atoms. The van der Waals surface area contributed by atoms with E-state index in [-0.39, 0.29) is 24.0 Å². The van der Waals surface area contributed by atoms with E-state index in [0.29, 0.717) is 12.6 Å². The van der Waals surface area contributed by atoms with Gasteiger partial charge in [0.2, 0.25) is 0 Å². The fourth-order valence-corrected chi connectivity index (χ4v) is 2.17. The van der Waals surface area contributed by atoms with Gasteiger partial charge in [0.1, 0.15) is 0 Å². The van der Waals surface area contributed by atoms with Crippen LogP contribution in [0.4, 0.5) is 0 Å². The van der Waals surface area contributed by atoms with Crippen LogP contribution < -0.4 is 10.6 Å². The molecule has 0 amide bonds. The van der Waals surface area contributed by atoms with Gasteiger partial charge in [0.15, 0.2) is 5.96 Å². The van der Waals surface area contributed by atoms with E-state index in [4.69, 9.17) is 0 Å². The first-order chi connectivity index (χ1) is 11.2. The number of nitrogens with one attached hydrogen (secondary N) is 2. The Labute approximate surface area is 162 Å². The Morgan fingerprint density at radius 1 is 1.21 bits per heavy atom. The molecule has 0 fully saturated rings. The maximum atomic E-state index is 4.66. The molecule has 0 saturated carbocycles. The first kappa shape index (κ1) is 20.5. The van der Waals surface area contributed by atoms with Crippen molar-refractivity contribution in [2.45, 2.75) is 46.3 Å². The van der Waals surface area contributed by atoms with Crippen molar-refractivity contribution < 1.29 is 0 Å². The normalized spacial score (nSPS) is 12.4. The predicted octanol–water partition coefficient (Wildman–Crippen LogP) is 3.40. The van der Waals surface area contributed by atoms with E-state index in [9.17, 15) is 0 Å². The molecular weight excluding hydrogens is 413 g/mol. The van der Waals surface area contributed by atoms with Crippen molar-refractivity contribution in [3.05, 3.63) is 54.1 Å². The van der Waals surface area contributed by atoms with Crippen LogP contribution in [0.25, 0.3) is 0 Å².